The molecule has 0 bridgehead atoms. The van der Waals surface area contributed by atoms with Crippen molar-refractivity contribution in [1.29, 1.82) is 0 Å². The number of rotatable bonds is 4. The first kappa shape index (κ1) is 13.7. The molecule has 0 radical (unpaired) electrons. The number of anilines is 1. The van der Waals surface area contributed by atoms with Gasteiger partial charge in [0, 0.05) is 16.8 Å². The lowest BCUT2D eigenvalue weighted by atomic mass is 10.1. The van der Waals surface area contributed by atoms with E-state index >= 15 is 0 Å². The summed E-state index contributed by atoms with van der Waals surface area (Å²) < 4.78 is 13.7. The van der Waals surface area contributed by atoms with Crippen molar-refractivity contribution in [2.45, 2.75) is 13.5 Å². The Kier molecular flexibility index (Phi) is 3.96. The second-order valence-electron chi connectivity index (χ2n) is 3.79. The molecule has 0 spiro atoms. The Morgan fingerprint density at radius 2 is 2.32 bits per heavy atom. The molecule has 1 aromatic heterocycles. The van der Waals surface area contributed by atoms with E-state index in [-0.39, 0.29) is 5.69 Å². The lowest BCUT2D eigenvalue weighted by Crippen LogP contribution is -2.02. The first-order valence-electron chi connectivity index (χ1n) is 5.26. The first-order valence-corrected chi connectivity index (χ1v) is 6.45. The van der Waals surface area contributed by atoms with Gasteiger partial charge in [-0.1, -0.05) is 11.6 Å². The van der Waals surface area contributed by atoms with Crippen LogP contribution >= 0.6 is 22.9 Å². The Bertz CT molecular complexity index is 632. The van der Waals surface area contributed by atoms with E-state index in [0.717, 1.165) is 10.9 Å². The van der Waals surface area contributed by atoms with Crippen molar-refractivity contribution < 1.29 is 9.31 Å². The molecule has 5 nitrogen and oxygen atoms in total. The predicted molar refractivity (Wildman–Crippen MR) is 72.2 cm³/mol. The molecule has 0 amide bonds. The largest absolute Gasteiger partial charge is 0.380 e. The van der Waals surface area contributed by atoms with Gasteiger partial charge >= 0.3 is 0 Å². The van der Waals surface area contributed by atoms with Crippen LogP contribution in [0.4, 0.5) is 15.8 Å². The maximum Gasteiger partial charge on any atom is 0.277 e. The summed E-state index contributed by atoms with van der Waals surface area (Å²) >= 11 is 6.99. The van der Waals surface area contributed by atoms with Crippen LogP contribution in [0.25, 0.3) is 0 Å². The van der Waals surface area contributed by atoms with Crippen molar-refractivity contribution in [2.75, 3.05) is 5.32 Å². The van der Waals surface area contributed by atoms with Crippen molar-refractivity contribution in [3.8, 4) is 0 Å². The third-order valence-electron chi connectivity index (χ3n) is 2.52. The minimum atomic E-state index is -0.651. The summed E-state index contributed by atoms with van der Waals surface area (Å²) in [6.07, 6.45) is 1.60. The van der Waals surface area contributed by atoms with Gasteiger partial charge < -0.3 is 5.32 Å². The van der Waals surface area contributed by atoms with E-state index in [9.17, 15) is 14.5 Å². The molecule has 2 rings (SSSR count). The fourth-order valence-corrected chi connectivity index (χ4v) is 2.50. The van der Waals surface area contributed by atoms with Crippen molar-refractivity contribution in [2.24, 2.45) is 0 Å². The summed E-state index contributed by atoms with van der Waals surface area (Å²) in [6, 6.07) is 2.13. The summed E-state index contributed by atoms with van der Waals surface area (Å²) in [5, 5.41) is 13.7. The molecule has 0 saturated heterocycles. The zero-order chi connectivity index (χ0) is 14.0. The number of halogens is 2. The molecule has 0 aliphatic carbocycles. The quantitative estimate of drug-likeness (QED) is 0.689. The number of nitro benzene ring substituents is 1. The SMILES string of the molecule is Cc1c(NCc2cnc(Cl)s2)cc(F)cc1[N+](=O)[O-]. The molecule has 2 aromatic rings. The predicted octanol–water partition coefficient (Wildman–Crippen LogP) is 3.76. The average Bonchev–Trinajstić information content (AvgIpc) is 2.75. The number of nitro groups is 1. The molecule has 1 heterocycles. The van der Waals surface area contributed by atoms with Crippen LogP contribution in [0.5, 0.6) is 0 Å². The molecule has 0 atom stereocenters. The van der Waals surface area contributed by atoms with Crippen LogP contribution in [0.15, 0.2) is 18.3 Å². The summed E-state index contributed by atoms with van der Waals surface area (Å²) in [5.41, 5.74) is 0.531. The van der Waals surface area contributed by atoms with E-state index < -0.39 is 10.7 Å². The number of benzene rings is 1. The Hall–Kier alpha value is -1.73. The highest BCUT2D eigenvalue weighted by molar-refractivity contribution is 7.15. The fourth-order valence-electron chi connectivity index (χ4n) is 1.59. The number of nitrogens with one attached hydrogen (secondary N) is 1. The highest BCUT2D eigenvalue weighted by atomic mass is 35.5. The van der Waals surface area contributed by atoms with Gasteiger partial charge in [-0.25, -0.2) is 9.37 Å². The molecule has 0 aliphatic rings. The van der Waals surface area contributed by atoms with Crippen molar-refractivity contribution in [1.82, 2.24) is 4.98 Å². The fraction of sp³-hybridized carbons (Fsp3) is 0.182. The molecule has 0 saturated carbocycles. The standard InChI is InChI=1S/C11H9ClFN3O2S/c1-6-9(2-7(13)3-10(6)16(17)18)14-4-8-5-15-11(12)19-8/h2-3,5,14H,4H2,1H3. The molecule has 1 N–H and O–H groups in total. The molecule has 0 unspecified atom stereocenters. The van der Waals surface area contributed by atoms with E-state index in [4.69, 9.17) is 11.6 Å². The molecule has 0 aliphatic heterocycles. The van der Waals surface area contributed by atoms with Gasteiger partial charge in [0.2, 0.25) is 0 Å². The summed E-state index contributed by atoms with van der Waals surface area (Å²) in [4.78, 5) is 14.9. The zero-order valence-corrected chi connectivity index (χ0v) is 11.4. The maximum absolute atomic E-state index is 13.3. The van der Waals surface area contributed by atoms with Gasteiger partial charge in [0.05, 0.1) is 23.1 Å². The number of nitrogens with zero attached hydrogens (tertiary/aromatic N) is 2. The molecule has 0 fully saturated rings. The van der Waals surface area contributed by atoms with E-state index in [1.165, 1.54) is 17.4 Å². The van der Waals surface area contributed by atoms with Gasteiger partial charge in [-0.2, -0.15) is 0 Å². The van der Waals surface area contributed by atoms with Crippen LogP contribution in [0.3, 0.4) is 0 Å². The van der Waals surface area contributed by atoms with Gasteiger partial charge in [0.15, 0.2) is 4.47 Å². The molecule has 100 valence electrons. The lowest BCUT2D eigenvalue weighted by Gasteiger charge is -2.08. The summed E-state index contributed by atoms with van der Waals surface area (Å²) in [5.74, 6) is -0.651. The zero-order valence-electron chi connectivity index (χ0n) is 9.81. The highest BCUT2D eigenvalue weighted by Gasteiger charge is 2.16. The first-order chi connectivity index (χ1) is 8.97. The van der Waals surface area contributed by atoms with Gasteiger partial charge in [0.25, 0.3) is 5.69 Å². The topological polar surface area (TPSA) is 68.1 Å². The van der Waals surface area contributed by atoms with Crippen LogP contribution in [0.1, 0.15) is 10.4 Å². The monoisotopic (exact) mass is 301 g/mol. The van der Waals surface area contributed by atoms with E-state index in [2.05, 4.69) is 10.3 Å². The van der Waals surface area contributed by atoms with Crippen LogP contribution in [0.2, 0.25) is 4.47 Å². The third-order valence-corrected chi connectivity index (χ3v) is 3.63. The Labute approximate surface area is 117 Å². The van der Waals surface area contributed by atoms with Crippen LogP contribution in [-0.2, 0) is 6.54 Å². The van der Waals surface area contributed by atoms with Gasteiger partial charge in [-0.3, -0.25) is 10.1 Å². The van der Waals surface area contributed by atoms with Crippen molar-refractivity contribution in [3.05, 3.63) is 49.2 Å². The molecule has 1 aromatic carbocycles. The number of hydrogen-bond donors (Lipinski definition) is 1. The molecule has 8 heteroatoms. The highest BCUT2D eigenvalue weighted by Crippen LogP contribution is 2.28. The van der Waals surface area contributed by atoms with Crippen LogP contribution in [-0.4, -0.2) is 9.91 Å². The Morgan fingerprint density at radius 1 is 1.58 bits per heavy atom. The van der Waals surface area contributed by atoms with Gasteiger partial charge in [-0.15, -0.1) is 11.3 Å². The molecule has 19 heavy (non-hydrogen) atoms. The van der Waals surface area contributed by atoms with Crippen LogP contribution in [0, 0.1) is 22.9 Å². The smallest absolute Gasteiger partial charge is 0.277 e. The van der Waals surface area contributed by atoms with E-state index in [1.807, 2.05) is 0 Å². The van der Waals surface area contributed by atoms with Crippen molar-refractivity contribution >= 4 is 34.3 Å². The second-order valence-corrected chi connectivity index (χ2v) is 5.48. The van der Waals surface area contributed by atoms with Crippen molar-refractivity contribution in [3.63, 3.8) is 0 Å². The average molecular weight is 302 g/mol. The summed E-state index contributed by atoms with van der Waals surface area (Å²) in [7, 11) is 0. The van der Waals surface area contributed by atoms with Gasteiger partial charge in [0.1, 0.15) is 5.82 Å². The minimum absolute atomic E-state index is 0.246. The maximum atomic E-state index is 13.3. The normalized spacial score (nSPS) is 10.5. The minimum Gasteiger partial charge on any atom is -0.380 e. The lowest BCUT2D eigenvalue weighted by molar-refractivity contribution is -0.385. The third kappa shape index (κ3) is 3.18. The second kappa shape index (κ2) is 5.50. The number of aromatic nitrogens is 1. The van der Waals surface area contributed by atoms with Crippen LogP contribution < -0.4 is 5.32 Å². The Balaban J connectivity index is 2.22. The Morgan fingerprint density at radius 3 is 2.89 bits per heavy atom. The number of hydrogen-bond acceptors (Lipinski definition) is 5. The number of thiazole rings is 1. The molecular weight excluding hydrogens is 293 g/mol. The van der Waals surface area contributed by atoms with E-state index in [1.54, 1.807) is 13.1 Å². The molecular formula is C11H9ClFN3O2S. The summed E-state index contributed by atoms with van der Waals surface area (Å²) in [6.45, 7) is 1.95. The van der Waals surface area contributed by atoms with E-state index in [0.29, 0.717) is 22.3 Å². The van der Waals surface area contributed by atoms with Gasteiger partial charge in [-0.05, 0) is 13.0 Å².